The third kappa shape index (κ3) is 24.8. The van der Waals surface area contributed by atoms with E-state index in [1.54, 1.807) is 19.9 Å². The molecule has 5 aliphatic carbocycles. The lowest BCUT2D eigenvalue weighted by Crippen LogP contribution is -2.67. The van der Waals surface area contributed by atoms with Crippen molar-refractivity contribution in [3.05, 3.63) is 84.6 Å². The van der Waals surface area contributed by atoms with Crippen molar-refractivity contribution in [3.8, 4) is 0 Å². The summed E-state index contributed by atoms with van der Waals surface area (Å²) < 4.78 is 116. The topological polar surface area (TPSA) is 648 Å². The third-order valence-corrected chi connectivity index (χ3v) is 34.2. The predicted octanol–water partition coefficient (Wildman–Crippen LogP) is 0.128. The molecule has 0 aromatic heterocycles. The van der Waals surface area contributed by atoms with Gasteiger partial charge in [0.25, 0.3) is 0 Å². The second-order valence-electron chi connectivity index (χ2n) is 45.4. The molecule has 13 rings (SSSR count). The molecule has 4 saturated carbocycles. The molecule has 830 valence electrons. The average molecular weight is 2090 g/mol. The van der Waals surface area contributed by atoms with E-state index in [1.807, 2.05) is 0 Å². The molecule has 0 aromatic rings. The highest BCUT2D eigenvalue weighted by atomic mass is 16.8. The molecule has 20 N–H and O–H groups in total. The van der Waals surface area contributed by atoms with Crippen LogP contribution in [-0.4, -0.2) is 410 Å². The largest absolute Gasteiger partial charge is 0.459 e. The molecule has 8 heterocycles. The maximum atomic E-state index is 16.8. The van der Waals surface area contributed by atoms with E-state index in [9.17, 15) is 117 Å². The van der Waals surface area contributed by atoms with Crippen LogP contribution >= 0.6 is 0 Å². The number of aliphatic hydroxyl groups is 20. The van der Waals surface area contributed by atoms with Gasteiger partial charge in [-0.2, -0.15) is 0 Å². The summed E-state index contributed by atoms with van der Waals surface area (Å²) in [5, 5.41) is 223. The number of allylic oxidation sites excluding steroid dienone is 5. The average Bonchev–Trinajstić information content (AvgIpc) is 0.672. The molecule has 0 unspecified atom stereocenters. The Morgan fingerprint density at radius 2 is 0.897 bits per heavy atom. The molecule has 0 amide bonds. The number of hydrogen-bond acceptors (Lipinski definition) is 43. The molecular formula is C103H160O43. The molecule has 0 aromatic carbocycles. The highest BCUT2D eigenvalue weighted by molar-refractivity contribution is 5.89. The van der Waals surface area contributed by atoms with Gasteiger partial charge in [0, 0.05) is 16.7 Å². The number of carbonyl (C=O) groups excluding carboxylic acids is 4. The van der Waals surface area contributed by atoms with E-state index >= 15 is 4.79 Å². The Hall–Kier alpha value is -5.34. The third-order valence-electron chi connectivity index (χ3n) is 34.2. The van der Waals surface area contributed by atoms with Gasteiger partial charge in [-0.25, -0.2) is 14.4 Å². The van der Waals surface area contributed by atoms with Crippen LogP contribution in [0.3, 0.4) is 0 Å². The van der Waals surface area contributed by atoms with Crippen LogP contribution in [0.5, 0.6) is 0 Å². The number of fused-ring (bicyclic) bond motifs is 7. The summed E-state index contributed by atoms with van der Waals surface area (Å²) in [4.78, 5) is 59.7. The van der Waals surface area contributed by atoms with E-state index in [0.29, 0.717) is 51.4 Å². The van der Waals surface area contributed by atoms with Crippen molar-refractivity contribution in [2.75, 3.05) is 46.2 Å². The highest BCUT2D eigenvalue weighted by Crippen LogP contribution is 2.76. The Morgan fingerprint density at radius 1 is 0.425 bits per heavy atom. The second-order valence-corrected chi connectivity index (χ2v) is 45.4. The van der Waals surface area contributed by atoms with Gasteiger partial charge in [-0.15, -0.1) is 19.7 Å². The molecule has 12 fully saturated rings. The Labute approximate surface area is 850 Å². The van der Waals surface area contributed by atoms with E-state index in [1.165, 1.54) is 65.0 Å². The van der Waals surface area contributed by atoms with Crippen LogP contribution in [0, 0.1) is 50.2 Å². The Balaban J connectivity index is 0.766. The maximum absolute atomic E-state index is 16.8. The van der Waals surface area contributed by atoms with Gasteiger partial charge < -0.3 is 192 Å². The predicted molar refractivity (Wildman–Crippen MR) is 505 cm³/mol. The Morgan fingerprint density at radius 3 is 1.48 bits per heavy atom. The Kier molecular flexibility index (Phi) is 38.0. The fraction of sp³-hybridized carbons (Fsp3) is 0.825. The lowest BCUT2D eigenvalue weighted by Gasteiger charge is -2.71. The standard InChI is InChI=1S/C103H160O43/c1-18-97(12,126)31-21-24-49(5)84(123)139-79-69(114)60(46-128-83(122)48(4)26-23-33-99(14,20-3)146-92-81(67(112)57(107)44-133-92)140-85(124)50(6)25-22-32-98(13,127)19-2)137-93(82(79)144-89-75(120)71(116)77(51(7)135-89)141-88-76(121)78(58(108)45-131-88)142-86-72(117)64(109)54(104)41-129-86)145-94(125)103-38-36-95(8,9)40-53(103)52-27-28-62-100(15)34-30-63(96(10,11)61(100)29-35-102(62,17)101(52,16)37-39-103)138-90-74(119)70(115)68(113)59(136-90)47-134-91-80(66(111)56(106)43-132-91)143-87-73(118)65(110)55(105)42-130-87/h18-20,24-27,51,53-82,86-93,104-121,126-127H,1-3,21-23,28-47H2,4-17H3/b48-26+,49-24+,50-25+/t51-,53-,54+,55+,56+,57+,58+,59+,60+,61-,62+,63-,64-,65-,66+,67-,68-,69+,70-,71-,72+,73+,74+,75+,76+,77-,78-,79-,80+,81-,82+,86-,87-,88-,89-,90-,91+,92+,93-,97+,98+,99+,100-,101+,102+,103-/m0/s1. The maximum Gasteiger partial charge on any atom is 0.333 e. The van der Waals surface area contributed by atoms with Crippen molar-refractivity contribution >= 4 is 23.9 Å². The van der Waals surface area contributed by atoms with E-state index in [0.717, 1.165) is 5.57 Å². The molecule has 8 aliphatic heterocycles. The monoisotopic (exact) mass is 2090 g/mol. The fourth-order valence-corrected chi connectivity index (χ4v) is 24.2. The van der Waals surface area contributed by atoms with Crippen LogP contribution in [0.1, 0.15) is 200 Å². The lowest BCUT2D eigenvalue weighted by atomic mass is 9.33. The summed E-state index contributed by atoms with van der Waals surface area (Å²) >= 11 is 0. The molecule has 0 spiro atoms. The van der Waals surface area contributed by atoms with Crippen LogP contribution in [0.25, 0.3) is 0 Å². The zero-order chi connectivity index (χ0) is 107. The second kappa shape index (κ2) is 47.1. The first-order valence-corrected chi connectivity index (χ1v) is 51.1. The lowest BCUT2D eigenvalue weighted by molar-refractivity contribution is -0.379. The van der Waals surface area contributed by atoms with Gasteiger partial charge in [-0.3, -0.25) is 4.79 Å². The van der Waals surface area contributed by atoms with Crippen LogP contribution in [0.4, 0.5) is 0 Å². The van der Waals surface area contributed by atoms with Crippen LogP contribution in [0.15, 0.2) is 84.6 Å². The molecular weight excluding hydrogens is 1930 g/mol. The minimum absolute atomic E-state index is 0.00210. The number of rotatable bonds is 36. The summed E-state index contributed by atoms with van der Waals surface area (Å²) in [5.41, 5.74) is -6.62. The number of carbonyl (C=O) groups is 4. The Bertz CT molecular complexity index is 4580. The summed E-state index contributed by atoms with van der Waals surface area (Å²) in [6, 6.07) is 0. The number of esters is 4. The van der Waals surface area contributed by atoms with E-state index in [4.69, 9.17) is 90.0 Å². The van der Waals surface area contributed by atoms with Gasteiger partial charge in [0.1, 0.15) is 147 Å². The van der Waals surface area contributed by atoms with E-state index < -0.39 is 336 Å². The van der Waals surface area contributed by atoms with Gasteiger partial charge >= 0.3 is 23.9 Å². The minimum Gasteiger partial charge on any atom is -0.459 e. The van der Waals surface area contributed by atoms with Crippen LogP contribution in [-0.2, 0) is 109 Å². The summed E-state index contributed by atoms with van der Waals surface area (Å²) in [6.07, 6.45) is -44.4. The smallest absolute Gasteiger partial charge is 0.333 e. The first kappa shape index (κ1) is 118. The first-order chi connectivity index (χ1) is 68.3. The van der Waals surface area contributed by atoms with Crippen molar-refractivity contribution in [3.63, 3.8) is 0 Å². The highest BCUT2D eigenvalue weighted by Gasteiger charge is 2.71. The zero-order valence-corrected chi connectivity index (χ0v) is 85.8. The number of aliphatic hydroxyl groups excluding tert-OH is 18. The van der Waals surface area contributed by atoms with Crippen molar-refractivity contribution in [1.29, 1.82) is 0 Å². The van der Waals surface area contributed by atoms with Crippen molar-refractivity contribution < 1.29 is 211 Å². The molecule has 0 bridgehead atoms. The van der Waals surface area contributed by atoms with Gasteiger partial charge in [-0.05, 0) is 196 Å². The molecule has 146 heavy (non-hydrogen) atoms. The number of hydrogen-bond donors (Lipinski definition) is 20. The summed E-state index contributed by atoms with van der Waals surface area (Å²) in [7, 11) is 0. The summed E-state index contributed by atoms with van der Waals surface area (Å²) in [6.45, 7) is 33.4. The zero-order valence-electron chi connectivity index (χ0n) is 85.8. The van der Waals surface area contributed by atoms with Gasteiger partial charge in [0.05, 0.1) is 74.1 Å². The van der Waals surface area contributed by atoms with Crippen molar-refractivity contribution in [2.24, 2.45) is 50.2 Å². The van der Waals surface area contributed by atoms with Gasteiger partial charge in [0.2, 0.25) is 6.29 Å². The quantitative estimate of drug-likeness (QED) is 0.0130. The van der Waals surface area contributed by atoms with Crippen LogP contribution in [0.2, 0.25) is 0 Å². The summed E-state index contributed by atoms with van der Waals surface area (Å²) in [5.74, 6) is -4.24. The van der Waals surface area contributed by atoms with Crippen molar-refractivity contribution in [2.45, 2.75) is 438 Å². The van der Waals surface area contributed by atoms with Crippen molar-refractivity contribution in [1.82, 2.24) is 0 Å². The number of ether oxygens (including phenoxy) is 19. The molecule has 13 aliphatic rings. The minimum atomic E-state index is -2.21. The molecule has 43 nitrogen and oxygen atoms in total. The van der Waals surface area contributed by atoms with Crippen LogP contribution < -0.4 is 0 Å². The van der Waals surface area contributed by atoms with Gasteiger partial charge in [-0.1, -0.05) is 96.6 Å². The molecule has 0 radical (unpaired) electrons. The van der Waals surface area contributed by atoms with E-state index in [2.05, 4.69) is 74.3 Å². The normalized spacial score (nSPS) is 45.5. The molecule has 43 heteroatoms. The van der Waals surface area contributed by atoms with E-state index in [-0.39, 0.29) is 90.8 Å². The molecule has 46 atom stereocenters. The SMILES string of the molecule is C=C[C@@](C)(O)CC/C=C(\C)C(=O)O[C@@H]1[C@@H](O[C@](C)(C=C)CC/C=C(\C)C(=O)OC[C@H]2O[C@@H](OC(=O)[C@]34CCC(C)(C)C[C@H]3C3=CC[C@@H]5[C@@]6(C)CC[C@H](O[C@@H]7O[C@H](CO[C@H]8OC[C@@H](O)[C@@H](O)[C@H]8O[C@@H]8OC[C@@H](O)[C@H](O)[C@H]8O)[C@H](O)[C@H](O)[C@H]7O)C(C)(C)[C@@H]6CC[C@@]5(C)[C@]3(C)CC4)[C@H](O[C@@H]3O[C@@H](C)[C@H](O[C@@H]4OC[C@@H](O)[C@H](O[C@@H]5OC[C@@H](O)[C@H](O)[C@H]5O)[C@H]4O)[C@@H](O)[C@H]3O)[C@@H](OC(=O)/C(C)=C/CC[C@](C)(O)C=C)[C@@H]2O)OC[C@@H](O)[C@@H]1O. The molecule has 8 saturated heterocycles. The van der Waals surface area contributed by atoms with Gasteiger partial charge in [0.15, 0.2) is 62.3 Å². The fourth-order valence-electron chi connectivity index (χ4n) is 24.2. The first-order valence-electron chi connectivity index (χ1n) is 51.1.